The summed E-state index contributed by atoms with van der Waals surface area (Å²) in [5.41, 5.74) is 1.08. The quantitative estimate of drug-likeness (QED) is 0.600. The van der Waals surface area contributed by atoms with Crippen molar-refractivity contribution in [3.8, 4) is 0 Å². The Balaban J connectivity index is 1.58. The number of rotatable bonds is 8. The Bertz CT molecular complexity index is 997. The molecule has 2 amide bonds. The molecule has 2 unspecified atom stereocenters. The lowest BCUT2D eigenvalue weighted by molar-refractivity contribution is -0.160. The molecule has 8 nitrogen and oxygen atoms in total. The van der Waals surface area contributed by atoms with Crippen LogP contribution >= 0.6 is 0 Å². The van der Waals surface area contributed by atoms with Crippen LogP contribution in [0.25, 0.3) is 0 Å². The molecule has 2 aromatic rings. The van der Waals surface area contributed by atoms with Gasteiger partial charge in [0.15, 0.2) is 5.78 Å². The summed E-state index contributed by atoms with van der Waals surface area (Å²) in [7, 11) is 0. The molecule has 1 aliphatic heterocycles. The normalized spacial score (nSPS) is 17.9. The SMILES string of the molecule is O=C(NCC(=O)N1CC(OC(F)F)CC1C(=O)O)c1ccc(C(=O)c2ccccc2)cc1. The van der Waals surface area contributed by atoms with Crippen LogP contribution in [0.15, 0.2) is 54.6 Å². The maximum Gasteiger partial charge on any atom is 0.345 e. The van der Waals surface area contributed by atoms with E-state index in [2.05, 4.69) is 10.1 Å². The van der Waals surface area contributed by atoms with E-state index >= 15 is 0 Å². The zero-order valence-corrected chi connectivity index (χ0v) is 16.7. The number of carbonyl (C=O) groups excluding carboxylic acids is 3. The molecule has 1 fully saturated rings. The number of ether oxygens (including phenoxy) is 1. The number of nitrogens with one attached hydrogen (secondary N) is 1. The Morgan fingerprint density at radius 1 is 1.00 bits per heavy atom. The van der Waals surface area contributed by atoms with Crippen molar-refractivity contribution >= 4 is 23.6 Å². The number of hydrogen-bond acceptors (Lipinski definition) is 5. The Morgan fingerprint density at radius 2 is 1.59 bits per heavy atom. The molecule has 3 rings (SSSR count). The molecule has 2 N–H and O–H groups in total. The topological polar surface area (TPSA) is 113 Å². The third-order valence-corrected chi connectivity index (χ3v) is 5.01. The molecule has 10 heteroatoms. The molecule has 0 radical (unpaired) electrons. The van der Waals surface area contributed by atoms with Crippen LogP contribution in [0.3, 0.4) is 0 Å². The average molecular weight is 446 g/mol. The van der Waals surface area contributed by atoms with Gasteiger partial charge in [-0.1, -0.05) is 42.5 Å². The summed E-state index contributed by atoms with van der Waals surface area (Å²) in [5.74, 6) is -2.89. The van der Waals surface area contributed by atoms with Crippen molar-refractivity contribution in [1.82, 2.24) is 10.2 Å². The predicted molar refractivity (Wildman–Crippen MR) is 107 cm³/mol. The third-order valence-electron chi connectivity index (χ3n) is 5.01. The molecule has 0 aromatic heterocycles. The second-order valence-corrected chi connectivity index (χ2v) is 7.11. The highest BCUT2D eigenvalue weighted by molar-refractivity contribution is 6.09. The first-order chi connectivity index (χ1) is 15.3. The van der Waals surface area contributed by atoms with Crippen LogP contribution in [0.1, 0.15) is 32.7 Å². The lowest BCUT2D eigenvalue weighted by Crippen LogP contribution is -2.45. The Labute approximate surface area is 181 Å². The van der Waals surface area contributed by atoms with Gasteiger partial charge < -0.3 is 20.1 Å². The predicted octanol–water partition coefficient (Wildman–Crippen LogP) is 1.94. The summed E-state index contributed by atoms with van der Waals surface area (Å²) >= 11 is 0. The van der Waals surface area contributed by atoms with Crippen LogP contribution in [0.2, 0.25) is 0 Å². The monoisotopic (exact) mass is 446 g/mol. The second kappa shape index (κ2) is 10.1. The summed E-state index contributed by atoms with van der Waals surface area (Å²) in [6.07, 6.45) is -1.37. The van der Waals surface area contributed by atoms with Crippen molar-refractivity contribution in [2.75, 3.05) is 13.1 Å². The highest BCUT2D eigenvalue weighted by Crippen LogP contribution is 2.22. The molecule has 2 aromatic carbocycles. The number of likely N-dealkylation sites (tertiary alicyclic amines) is 1. The van der Waals surface area contributed by atoms with Gasteiger partial charge in [0.25, 0.3) is 5.91 Å². The summed E-state index contributed by atoms with van der Waals surface area (Å²) in [6, 6.07) is 13.1. The molecular formula is C22H20F2N2O6. The van der Waals surface area contributed by atoms with Crippen LogP contribution in [-0.4, -0.2) is 65.4 Å². The van der Waals surface area contributed by atoms with E-state index in [1.807, 2.05) is 0 Å². The van der Waals surface area contributed by atoms with E-state index in [0.29, 0.717) is 11.1 Å². The standard InChI is InChI=1S/C22H20F2N2O6/c23-22(24)32-16-10-17(21(30)31)26(12-16)18(27)11-25-20(29)15-8-6-14(7-9-15)19(28)13-4-2-1-3-5-13/h1-9,16-17,22H,10-12H2,(H,25,29)(H,30,31). The number of aliphatic carboxylic acids is 1. The van der Waals surface area contributed by atoms with Gasteiger partial charge in [-0.3, -0.25) is 14.4 Å². The van der Waals surface area contributed by atoms with E-state index in [4.69, 9.17) is 0 Å². The second-order valence-electron chi connectivity index (χ2n) is 7.11. The van der Waals surface area contributed by atoms with Crippen molar-refractivity contribution in [3.05, 3.63) is 71.3 Å². The molecule has 0 saturated carbocycles. The number of hydrogen-bond donors (Lipinski definition) is 2. The smallest absolute Gasteiger partial charge is 0.345 e. The van der Waals surface area contributed by atoms with Crippen LogP contribution in [0, 0.1) is 0 Å². The average Bonchev–Trinajstić information content (AvgIpc) is 3.21. The summed E-state index contributed by atoms with van der Waals surface area (Å²) in [5, 5.41) is 11.6. The van der Waals surface area contributed by atoms with Gasteiger partial charge in [0.05, 0.1) is 12.6 Å². The van der Waals surface area contributed by atoms with Gasteiger partial charge in [-0.25, -0.2) is 4.79 Å². The first kappa shape index (κ1) is 23.0. The highest BCUT2D eigenvalue weighted by Gasteiger charge is 2.41. The van der Waals surface area contributed by atoms with E-state index < -0.39 is 43.1 Å². The maximum atomic E-state index is 12.4. The number of benzene rings is 2. The summed E-state index contributed by atoms with van der Waals surface area (Å²) in [4.78, 5) is 49.4. The van der Waals surface area contributed by atoms with Crippen LogP contribution in [-0.2, 0) is 14.3 Å². The maximum absolute atomic E-state index is 12.4. The van der Waals surface area contributed by atoms with E-state index in [-0.39, 0.29) is 24.3 Å². The van der Waals surface area contributed by atoms with Gasteiger partial charge >= 0.3 is 12.6 Å². The van der Waals surface area contributed by atoms with Crippen LogP contribution in [0.5, 0.6) is 0 Å². The molecule has 2 atom stereocenters. The van der Waals surface area contributed by atoms with Gasteiger partial charge in [-0.05, 0) is 12.1 Å². The number of nitrogens with zero attached hydrogens (tertiary/aromatic N) is 1. The first-order valence-electron chi connectivity index (χ1n) is 9.70. The molecule has 0 spiro atoms. The van der Waals surface area contributed by atoms with Gasteiger partial charge in [0.2, 0.25) is 5.91 Å². The lowest BCUT2D eigenvalue weighted by atomic mass is 10.0. The fourth-order valence-corrected chi connectivity index (χ4v) is 3.44. The Kier molecular flexibility index (Phi) is 7.26. The Hall–Kier alpha value is -3.66. The lowest BCUT2D eigenvalue weighted by Gasteiger charge is -2.21. The van der Waals surface area contributed by atoms with Crippen molar-refractivity contribution < 1.29 is 37.8 Å². The summed E-state index contributed by atoms with van der Waals surface area (Å²) < 4.78 is 29.1. The molecule has 1 aliphatic rings. The molecule has 1 heterocycles. The van der Waals surface area contributed by atoms with Gasteiger partial charge in [0, 0.05) is 29.7 Å². The first-order valence-corrected chi connectivity index (χ1v) is 9.70. The number of ketones is 1. The fourth-order valence-electron chi connectivity index (χ4n) is 3.44. The largest absolute Gasteiger partial charge is 0.480 e. The zero-order valence-electron chi connectivity index (χ0n) is 16.7. The van der Waals surface area contributed by atoms with E-state index in [1.165, 1.54) is 24.3 Å². The minimum absolute atomic E-state index is 0.192. The van der Waals surface area contributed by atoms with E-state index in [1.54, 1.807) is 30.3 Å². The molecule has 0 aliphatic carbocycles. The number of halogens is 2. The van der Waals surface area contributed by atoms with Crippen molar-refractivity contribution in [2.45, 2.75) is 25.2 Å². The van der Waals surface area contributed by atoms with Crippen LogP contribution < -0.4 is 5.32 Å². The minimum Gasteiger partial charge on any atom is -0.480 e. The molecule has 1 saturated heterocycles. The van der Waals surface area contributed by atoms with E-state index in [9.17, 15) is 33.1 Å². The van der Waals surface area contributed by atoms with Gasteiger partial charge in [0.1, 0.15) is 6.04 Å². The number of amides is 2. The van der Waals surface area contributed by atoms with E-state index in [0.717, 1.165) is 4.90 Å². The summed E-state index contributed by atoms with van der Waals surface area (Å²) in [6.45, 7) is -3.91. The van der Waals surface area contributed by atoms with Crippen molar-refractivity contribution in [3.63, 3.8) is 0 Å². The van der Waals surface area contributed by atoms with Gasteiger partial charge in [-0.2, -0.15) is 8.78 Å². The fraction of sp³-hybridized carbons (Fsp3) is 0.273. The Morgan fingerprint density at radius 3 is 2.19 bits per heavy atom. The number of carboxylic acid groups (broad SMARTS) is 1. The zero-order chi connectivity index (χ0) is 23.3. The van der Waals surface area contributed by atoms with Gasteiger partial charge in [-0.15, -0.1) is 0 Å². The molecule has 32 heavy (non-hydrogen) atoms. The number of alkyl halides is 2. The highest BCUT2D eigenvalue weighted by atomic mass is 19.3. The van der Waals surface area contributed by atoms with Crippen LogP contribution in [0.4, 0.5) is 8.78 Å². The molecular weight excluding hydrogens is 426 g/mol. The number of carboxylic acids is 1. The van der Waals surface area contributed by atoms with Crippen molar-refractivity contribution in [2.24, 2.45) is 0 Å². The number of carbonyl (C=O) groups is 4. The molecule has 168 valence electrons. The van der Waals surface area contributed by atoms with Crippen molar-refractivity contribution in [1.29, 1.82) is 0 Å². The molecule has 0 bridgehead atoms. The minimum atomic E-state index is -3.08. The third kappa shape index (κ3) is 5.52.